The largest absolute Gasteiger partial charge is 0.494 e. The number of hydrogen-bond acceptors (Lipinski definition) is 6. The third-order valence-corrected chi connectivity index (χ3v) is 4.20. The molecule has 0 spiro atoms. The smallest absolute Gasteiger partial charge is 0.233 e. The molecule has 0 bridgehead atoms. The van der Waals surface area contributed by atoms with E-state index in [1.165, 1.54) is 12.1 Å². The Kier molecular flexibility index (Phi) is 5.42. The highest BCUT2D eigenvalue weighted by atomic mass is 19.1. The predicted molar refractivity (Wildman–Crippen MR) is 85.3 cm³/mol. The van der Waals surface area contributed by atoms with Crippen molar-refractivity contribution in [2.24, 2.45) is 0 Å². The molecule has 2 heterocycles. The second kappa shape index (κ2) is 7.72. The second-order valence-corrected chi connectivity index (χ2v) is 5.92. The summed E-state index contributed by atoms with van der Waals surface area (Å²) in [6, 6.07) is 6.15. The molecule has 0 unspecified atom stereocenters. The Morgan fingerprint density at radius 1 is 1.29 bits per heavy atom. The first-order valence-corrected chi connectivity index (χ1v) is 8.11. The van der Waals surface area contributed by atoms with E-state index in [-0.39, 0.29) is 18.0 Å². The van der Waals surface area contributed by atoms with E-state index in [4.69, 9.17) is 13.9 Å². The molecule has 0 radical (unpaired) electrons. The molecular formula is C17H22FN3O3. The second-order valence-electron chi connectivity index (χ2n) is 5.92. The van der Waals surface area contributed by atoms with Gasteiger partial charge in [0.05, 0.1) is 18.8 Å². The number of hydrogen-bond donors (Lipinski definition) is 0. The van der Waals surface area contributed by atoms with Gasteiger partial charge in [0.1, 0.15) is 11.6 Å². The first-order valence-electron chi connectivity index (χ1n) is 8.11. The minimum Gasteiger partial charge on any atom is -0.494 e. The molecular weight excluding hydrogens is 313 g/mol. The van der Waals surface area contributed by atoms with Gasteiger partial charge in [0, 0.05) is 27.1 Å². The topological polar surface area (TPSA) is 60.6 Å². The maximum absolute atomic E-state index is 12.9. The summed E-state index contributed by atoms with van der Waals surface area (Å²) in [5.41, 5.74) is 0. The van der Waals surface area contributed by atoms with Crippen LogP contribution in [0.25, 0.3) is 0 Å². The number of aryl methyl sites for hydroxylation is 1. The number of likely N-dealkylation sites (tertiary alicyclic amines) is 1. The molecule has 1 aliphatic rings. The number of aromatic nitrogens is 2. The van der Waals surface area contributed by atoms with Crippen LogP contribution >= 0.6 is 0 Å². The maximum atomic E-state index is 12.9. The number of halogens is 1. The molecule has 130 valence electrons. The number of ether oxygens (including phenoxy) is 2. The van der Waals surface area contributed by atoms with Gasteiger partial charge in [0.2, 0.25) is 11.8 Å². The van der Waals surface area contributed by atoms with Crippen molar-refractivity contribution < 1.29 is 18.3 Å². The first kappa shape index (κ1) is 16.9. The van der Waals surface area contributed by atoms with E-state index in [9.17, 15) is 4.39 Å². The molecule has 1 aromatic carbocycles. The summed E-state index contributed by atoms with van der Waals surface area (Å²) in [5.74, 6) is 1.64. The molecule has 3 rings (SSSR count). The van der Waals surface area contributed by atoms with Crippen LogP contribution in [0.4, 0.5) is 4.39 Å². The number of rotatable bonds is 7. The summed E-state index contributed by atoms with van der Waals surface area (Å²) >= 11 is 0. The summed E-state index contributed by atoms with van der Waals surface area (Å²) in [6.07, 6.45) is 1.86. The zero-order chi connectivity index (χ0) is 16.9. The molecule has 0 saturated carbocycles. The molecule has 1 aliphatic heterocycles. The average Bonchev–Trinajstić information content (AvgIpc) is 3.19. The molecule has 2 aromatic rings. The van der Waals surface area contributed by atoms with Crippen molar-refractivity contribution in [3.8, 4) is 5.75 Å². The molecule has 7 heteroatoms. The van der Waals surface area contributed by atoms with E-state index in [0.29, 0.717) is 24.1 Å². The minimum absolute atomic E-state index is 0.0852. The molecule has 1 fully saturated rings. The van der Waals surface area contributed by atoms with Crippen molar-refractivity contribution in [1.82, 2.24) is 15.1 Å². The van der Waals surface area contributed by atoms with Gasteiger partial charge in [-0.15, -0.1) is 10.2 Å². The van der Waals surface area contributed by atoms with Crippen molar-refractivity contribution >= 4 is 0 Å². The van der Waals surface area contributed by atoms with Crippen LogP contribution in [0.1, 0.15) is 30.7 Å². The van der Waals surface area contributed by atoms with E-state index in [0.717, 1.165) is 25.9 Å². The zero-order valence-electron chi connectivity index (χ0n) is 13.9. The molecule has 1 aromatic heterocycles. The summed E-state index contributed by atoms with van der Waals surface area (Å²) < 4.78 is 29.6. The molecule has 1 saturated heterocycles. The number of benzene rings is 1. The van der Waals surface area contributed by atoms with Gasteiger partial charge in [-0.3, -0.25) is 4.90 Å². The Morgan fingerprint density at radius 3 is 2.75 bits per heavy atom. The van der Waals surface area contributed by atoms with Crippen LogP contribution in [0, 0.1) is 12.7 Å². The highest BCUT2D eigenvalue weighted by Gasteiger charge is 2.36. The lowest BCUT2D eigenvalue weighted by molar-refractivity contribution is 0.107. The van der Waals surface area contributed by atoms with Crippen molar-refractivity contribution in [2.75, 3.05) is 26.8 Å². The first-order chi connectivity index (χ1) is 11.7. The predicted octanol–water partition coefficient (Wildman–Crippen LogP) is 2.75. The van der Waals surface area contributed by atoms with E-state index in [2.05, 4.69) is 15.1 Å². The third-order valence-electron chi connectivity index (χ3n) is 4.20. The average molecular weight is 335 g/mol. The van der Waals surface area contributed by atoms with Gasteiger partial charge in [0.15, 0.2) is 0 Å². The van der Waals surface area contributed by atoms with Crippen molar-refractivity contribution in [3.05, 3.63) is 41.9 Å². The van der Waals surface area contributed by atoms with E-state index >= 15 is 0 Å². The summed E-state index contributed by atoms with van der Waals surface area (Å²) in [4.78, 5) is 2.29. The SMILES string of the molecule is CO[C@@H]1C[C@H](c2nnc(C)o2)N(CCCOc2ccc(F)cc2)C1. The Balaban J connectivity index is 1.51. The van der Waals surface area contributed by atoms with Gasteiger partial charge in [0.25, 0.3) is 0 Å². The summed E-state index contributed by atoms with van der Waals surface area (Å²) in [7, 11) is 1.72. The highest BCUT2D eigenvalue weighted by Crippen LogP contribution is 2.32. The van der Waals surface area contributed by atoms with Crippen LogP contribution in [0.15, 0.2) is 28.7 Å². The van der Waals surface area contributed by atoms with Crippen molar-refractivity contribution in [1.29, 1.82) is 0 Å². The Labute approximate surface area is 140 Å². The van der Waals surface area contributed by atoms with Gasteiger partial charge in [-0.1, -0.05) is 0 Å². The fourth-order valence-corrected chi connectivity index (χ4v) is 2.97. The van der Waals surface area contributed by atoms with Crippen LogP contribution in [0.5, 0.6) is 5.75 Å². The van der Waals surface area contributed by atoms with Gasteiger partial charge in [-0.05, 0) is 37.1 Å². The molecule has 24 heavy (non-hydrogen) atoms. The van der Waals surface area contributed by atoms with Gasteiger partial charge in [-0.2, -0.15) is 0 Å². The molecule has 0 N–H and O–H groups in total. The third kappa shape index (κ3) is 4.10. The molecule has 0 amide bonds. The summed E-state index contributed by atoms with van der Waals surface area (Å²) in [6.45, 7) is 4.03. The van der Waals surface area contributed by atoms with Crippen LogP contribution in [0.2, 0.25) is 0 Å². The Hall–Kier alpha value is -1.99. The fourth-order valence-electron chi connectivity index (χ4n) is 2.97. The van der Waals surface area contributed by atoms with Crippen molar-refractivity contribution in [2.45, 2.75) is 31.9 Å². The van der Waals surface area contributed by atoms with E-state index in [1.807, 2.05) is 0 Å². The lowest BCUT2D eigenvalue weighted by Crippen LogP contribution is -2.27. The summed E-state index contributed by atoms with van der Waals surface area (Å²) in [5, 5.41) is 8.07. The molecule has 2 atom stereocenters. The van der Waals surface area contributed by atoms with Crippen LogP contribution in [-0.4, -0.2) is 48.0 Å². The van der Waals surface area contributed by atoms with E-state index in [1.54, 1.807) is 26.2 Å². The van der Waals surface area contributed by atoms with E-state index < -0.39 is 0 Å². The van der Waals surface area contributed by atoms with Crippen LogP contribution in [-0.2, 0) is 4.74 Å². The van der Waals surface area contributed by atoms with Crippen LogP contribution < -0.4 is 4.74 Å². The molecule has 0 aliphatic carbocycles. The number of nitrogens with zero attached hydrogens (tertiary/aromatic N) is 3. The normalized spacial score (nSPS) is 21.3. The Bertz CT molecular complexity index is 647. The van der Waals surface area contributed by atoms with Crippen LogP contribution in [0.3, 0.4) is 0 Å². The van der Waals surface area contributed by atoms with Crippen molar-refractivity contribution in [3.63, 3.8) is 0 Å². The standard InChI is InChI=1S/C17H22FN3O3/c1-12-19-20-17(24-12)16-10-15(22-2)11-21(16)8-3-9-23-14-6-4-13(18)5-7-14/h4-7,15-16H,3,8-11H2,1-2H3/t15-,16-/m1/s1. The lowest BCUT2D eigenvalue weighted by atomic mass is 10.2. The lowest BCUT2D eigenvalue weighted by Gasteiger charge is -2.21. The zero-order valence-corrected chi connectivity index (χ0v) is 13.9. The van der Waals surface area contributed by atoms with Gasteiger partial charge < -0.3 is 13.9 Å². The quantitative estimate of drug-likeness (QED) is 0.725. The monoisotopic (exact) mass is 335 g/mol. The fraction of sp³-hybridized carbons (Fsp3) is 0.529. The van der Waals surface area contributed by atoms with Gasteiger partial charge in [-0.25, -0.2) is 4.39 Å². The Morgan fingerprint density at radius 2 is 2.08 bits per heavy atom. The number of methoxy groups -OCH3 is 1. The minimum atomic E-state index is -0.261. The van der Waals surface area contributed by atoms with Gasteiger partial charge >= 0.3 is 0 Å². The molecule has 6 nitrogen and oxygen atoms in total. The highest BCUT2D eigenvalue weighted by molar-refractivity contribution is 5.21. The maximum Gasteiger partial charge on any atom is 0.233 e.